The molecular weight excluding hydrogens is 368 g/mol. The van der Waals surface area contributed by atoms with Crippen molar-refractivity contribution in [3.8, 4) is 11.5 Å². The number of esters is 1. The van der Waals surface area contributed by atoms with Crippen molar-refractivity contribution in [3.05, 3.63) is 52.6 Å². The van der Waals surface area contributed by atoms with Crippen LogP contribution >= 0.6 is 0 Å². The minimum Gasteiger partial charge on any atom is -0.493 e. The molecule has 29 heavy (non-hydrogen) atoms. The zero-order chi connectivity index (χ0) is 20.4. The van der Waals surface area contributed by atoms with Crippen molar-refractivity contribution in [2.24, 2.45) is 4.99 Å². The summed E-state index contributed by atoms with van der Waals surface area (Å²) in [7, 11) is 3.32. The third-order valence-electron chi connectivity index (χ3n) is 5.58. The zero-order valence-electron chi connectivity index (χ0n) is 17.1. The Balaban J connectivity index is 1.49. The van der Waals surface area contributed by atoms with Gasteiger partial charge in [-0.25, -0.2) is 4.99 Å². The summed E-state index contributed by atoms with van der Waals surface area (Å²) in [4.78, 5) is 18.2. The van der Waals surface area contributed by atoms with Crippen LogP contribution in [0.4, 0.5) is 5.69 Å². The Hall–Kier alpha value is -3.02. The van der Waals surface area contributed by atoms with Gasteiger partial charge in [-0.15, -0.1) is 0 Å². The number of nitrogens with zero attached hydrogens (tertiary/aromatic N) is 2. The van der Waals surface area contributed by atoms with E-state index in [1.54, 1.807) is 14.2 Å². The number of ether oxygens (including phenoxy) is 3. The third kappa shape index (κ3) is 4.06. The first-order valence-electron chi connectivity index (χ1n) is 9.89. The second-order valence-corrected chi connectivity index (χ2v) is 7.46. The molecule has 2 aromatic rings. The lowest BCUT2D eigenvalue weighted by atomic mass is 9.99. The van der Waals surface area contributed by atoms with Crippen LogP contribution in [-0.2, 0) is 28.9 Å². The lowest BCUT2D eigenvalue weighted by Gasteiger charge is -2.27. The molecule has 0 saturated heterocycles. The van der Waals surface area contributed by atoms with Gasteiger partial charge in [-0.1, -0.05) is 6.07 Å². The van der Waals surface area contributed by atoms with Crippen LogP contribution in [0.1, 0.15) is 41.7 Å². The quantitative estimate of drug-likeness (QED) is 0.436. The third-order valence-corrected chi connectivity index (χ3v) is 5.58. The van der Waals surface area contributed by atoms with Gasteiger partial charge in [-0.3, -0.25) is 4.79 Å². The number of fused-ring (bicyclic) bond motifs is 2. The highest BCUT2D eigenvalue weighted by Gasteiger charge is 2.25. The van der Waals surface area contributed by atoms with E-state index in [-0.39, 0.29) is 12.1 Å². The maximum absolute atomic E-state index is 11.3. The van der Waals surface area contributed by atoms with E-state index in [2.05, 4.69) is 22.0 Å². The minimum absolute atomic E-state index is 0.151. The molecule has 0 bridgehead atoms. The average molecular weight is 394 g/mol. The molecule has 2 aliphatic rings. The predicted octanol–water partition coefficient (Wildman–Crippen LogP) is 3.97. The molecule has 0 fully saturated rings. The molecule has 0 spiro atoms. The Morgan fingerprint density at radius 3 is 2.55 bits per heavy atom. The molecular formula is C23H26N2O4. The Morgan fingerprint density at radius 2 is 1.83 bits per heavy atom. The maximum atomic E-state index is 11.3. The molecule has 0 N–H and O–H groups in total. The van der Waals surface area contributed by atoms with Gasteiger partial charge in [0.05, 0.1) is 26.2 Å². The Kier molecular flexibility index (Phi) is 5.43. The molecule has 2 aromatic carbocycles. The van der Waals surface area contributed by atoms with E-state index in [9.17, 15) is 4.79 Å². The van der Waals surface area contributed by atoms with Crippen LogP contribution < -0.4 is 9.47 Å². The monoisotopic (exact) mass is 394 g/mol. The first-order valence-corrected chi connectivity index (χ1v) is 9.89. The van der Waals surface area contributed by atoms with Crippen molar-refractivity contribution in [3.63, 3.8) is 0 Å². The van der Waals surface area contributed by atoms with Gasteiger partial charge in [0.1, 0.15) is 6.10 Å². The number of aliphatic imine (C=N–C) groups is 1. The summed E-state index contributed by atoms with van der Waals surface area (Å²) in [6.07, 6.45) is 4.46. The van der Waals surface area contributed by atoms with Gasteiger partial charge in [0, 0.05) is 20.0 Å². The first kappa shape index (κ1) is 19.3. The Morgan fingerprint density at radius 1 is 1.07 bits per heavy atom. The lowest BCUT2D eigenvalue weighted by Crippen LogP contribution is -2.29. The van der Waals surface area contributed by atoms with E-state index in [0.717, 1.165) is 55.1 Å². The number of aryl methyl sites for hydroxylation is 1. The highest BCUT2D eigenvalue weighted by molar-refractivity contribution is 5.67. The molecule has 0 aromatic heterocycles. The zero-order valence-corrected chi connectivity index (χ0v) is 17.1. The summed E-state index contributed by atoms with van der Waals surface area (Å²) >= 11 is 0. The van der Waals surface area contributed by atoms with Crippen molar-refractivity contribution in [1.82, 2.24) is 4.90 Å². The smallest absolute Gasteiger partial charge is 0.303 e. The largest absolute Gasteiger partial charge is 0.493 e. The van der Waals surface area contributed by atoms with Crippen molar-refractivity contribution < 1.29 is 19.0 Å². The molecule has 6 heteroatoms. The van der Waals surface area contributed by atoms with Gasteiger partial charge in [0.2, 0.25) is 0 Å². The fourth-order valence-electron chi connectivity index (χ4n) is 4.11. The summed E-state index contributed by atoms with van der Waals surface area (Å²) in [6.45, 7) is 3.13. The second-order valence-electron chi connectivity index (χ2n) is 7.46. The fourth-order valence-corrected chi connectivity index (χ4v) is 4.11. The molecule has 6 nitrogen and oxygen atoms in total. The van der Waals surface area contributed by atoms with Gasteiger partial charge in [-0.05, 0) is 65.8 Å². The molecule has 1 aliphatic carbocycles. The molecule has 152 valence electrons. The van der Waals surface area contributed by atoms with E-state index in [0.29, 0.717) is 0 Å². The SMILES string of the molecule is COc1cc2c(cc1OC)CN(/C=N/c1ccc3c(c1)C(OC(C)=O)CC3)CC2. The normalized spacial score (nSPS) is 17.8. The van der Waals surface area contributed by atoms with E-state index in [4.69, 9.17) is 14.2 Å². The molecule has 1 atom stereocenters. The number of methoxy groups -OCH3 is 2. The van der Waals surface area contributed by atoms with Crippen LogP contribution in [0.2, 0.25) is 0 Å². The molecule has 4 rings (SSSR count). The molecule has 0 amide bonds. The topological polar surface area (TPSA) is 60.4 Å². The summed E-state index contributed by atoms with van der Waals surface area (Å²) in [6, 6.07) is 10.3. The van der Waals surface area contributed by atoms with Crippen molar-refractivity contribution >= 4 is 18.0 Å². The van der Waals surface area contributed by atoms with Gasteiger partial charge < -0.3 is 19.1 Å². The molecule has 1 heterocycles. The Labute approximate surface area is 171 Å². The maximum Gasteiger partial charge on any atom is 0.303 e. The number of carbonyl (C=O) groups is 1. The second kappa shape index (κ2) is 8.15. The summed E-state index contributed by atoms with van der Waals surface area (Å²) < 4.78 is 16.3. The number of hydrogen-bond acceptors (Lipinski definition) is 5. The van der Waals surface area contributed by atoms with Crippen LogP contribution in [0.5, 0.6) is 11.5 Å². The Bertz CT molecular complexity index is 954. The molecule has 0 saturated carbocycles. The van der Waals surface area contributed by atoms with E-state index in [1.165, 1.54) is 23.6 Å². The van der Waals surface area contributed by atoms with Crippen LogP contribution in [0, 0.1) is 0 Å². The lowest BCUT2D eigenvalue weighted by molar-refractivity contribution is -0.146. The van der Waals surface area contributed by atoms with E-state index in [1.807, 2.05) is 24.5 Å². The molecule has 0 radical (unpaired) electrons. The number of rotatable bonds is 5. The molecule has 1 aliphatic heterocycles. The van der Waals surface area contributed by atoms with Crippen LogP contribution in [0.25, 0.3) is 0 Å². The van der Waals surface area contributed by atoms with E-state index >= 15 is 0 Å². The summed E-state index contributed by atoms with van der Waals surface area (Å²) in [5.74, 6) is 1.28. The van der Waals surface area contributed by atoms with Gasteiger partial charge in [0.15, 0.2) is 11.5 Å². The summed E-state index contributed by atoms with van der Waals surface area (Å²) in [5.41, 5.74) is 5.71. The van der Waals surface area contributed by atoms with Gasteiger partial charge >= 0.3 is 5.97 Å². The first-order chi connectivity index (χ1) is 14.1. The average Bonchev–Trinajstić information content (AvgIpc) is 3.12. The van der Waals surface area contributed by atoms with Crippen LogP contribution in [-0.4, -0.2) is 38.0 Å². The number of hydrogen-bond donors (Lipinski definition) is 0. The molecule has 1 unspecified atom stereocenters. The van der Waals surface area contributed by atoms with Crippen molar-refractivity contribution in [2.45, 2.75) is 38.8 Å². The van der Waals surface area contributed by atoms with Crippen LogP contribution in [0.15, 0.2) is 35.3 Å². The van der Waals surface area contributed by atoms with E-state index < -0.39 is 0 Å². The van der Waals surface area contributed by atoms with Crippen molar-refractivity contribution in [1.29, 1.82) is 0 Å². The standard InChI is InChI=1S/C23H26N2O4/c1-15(26)29-21-7-5-16-4-6-19(12-20(16)21)24-14-25-9-8-17-10-22(27-2)23(28-3)11-18(17)13-25/h4,6,10-12,14,21H,5,7-9,13H2,1-3H3/b24-14+. The number of carbonyl (C=O) groups excluding carboxylic acids is 1. The summed E-state index contributed by atoms with van der Waals surface area (Å²) in [5, 5.41) is 0. The van der Waals surface area contributed by atoms with Gasteiger partial charge in [0.25, 0.3) is 0 Å². The van der Waals surface area contributed by atoms with Crippen LogP contribution in [0.3, 0.4) is 0 Å². The highest BCUT2D eigenvalue weighted by atomic mass is 16.5. The van der Waals surface area contributed by atoms with Crippen molar-refractivity contribution in [2.75, 3.05) is 20.8 Å². The minimum atomic E-state index is -0.240. The highest BCUT2D eigenvalue weighted by Crippen LogP contribution is 2.36. The fraction of sp³-hybridized carbons (Fsp3) is 0.391. The predicted molar refractivity (Wildman–Crippen MR) is 111 cm³/mol. The van der Waals surface area contributed by atoms with Gasteiger partial charge in [-0.2, -0.15) is 0 Å². The number of benzene rings is 2.